The number of carbonyl (C=O) groups excluding carboxylic acids is 2. The highest BCUT2D eigenvalue weighted by Gasteiger charge is 2.31. The Kier molecular flexibility index (Phi) is 4.92. The fourth-order valence-electron chi connectivity index (χ4n) is 2.76. The molecule has 0 spiro atoms. The number of nitrogens with zero attached hydrogens (tertiary/aromatic N) is 2. The first kappa shape index (κ1) is 17.9. The fraction of sp³-hybridized carbons (Fsp3) is 0.278. The Morgan fingerprint density at radius 2 is 2.04 bits per heavy atom. The van der Waals surface area contributed by atoms with Gasteiger partial charge in [-0.05, 0) is 30.2 Å². The molecule has 0 bridgehead atoms. The molecular formula is C18H16F3N3O2. The molecule has 136 valence electrons. The van der Waals surface area contributed by atoms with Gasteiger partial charge in [-0.15, -0.1) is 0 Å². The minimum absolute atomic E-state index is 0.0921. The second-order valence-corrected chi connectivity index (χ2v) is 6.03. The summed E-state index contributed by atoms with van der Waals surface area (Å²) in [5, 5.41) is 2.56. The largest absolute Gasteiger partial charge is 0.417 e. The van der Waals surface area contributed by atoms with Crippen molar-refractivity contribution in [3.63, 3.8) is 0 Å². The molecule has 1 saturated heterocycles. The van der Waals surface area contributed by atoms with Crippen molar-refractivity contribution in [2.24, 2.45) is 0 Å². The minimum atomic E-state index is -4.56. The molecule has 1 aromatic heterocycles. The Hall–Kier alpha value is -2.90. The van der Waals surface area contributed by atoms with Crippen LogP contribution in [0.2, 0.25) is 0 Å². The van der Waals surface area contributed by atoms with E-state index in [1.807, 2.05) is 6.07 Å². The number of anilines is 1. The zero-order chi connectivity index (χ0) is 18.7. The van der Waals surface area contributed by atoms with Gasteiger partial charge in [0.15, 0.2) is 0 Å². The van der Waals surface area contributed by atoms with Gasteiger partial charge < -0.3 is 10.2 Å². The Morgan fingerprint density at radius 1 is 1.23 bits per heavy atom. The highest BCUT2D eigenvalue weighted by Crippen LogP contribution is 2.29. The summed E-state index contributed by atoms with van der Waals surface area (Å²) in [5.74, 6) is -0.590. The number of alkyl halides is 3. The third kappa shape index (κ3) is 4.19. The molecule has 2 amide bonds. The van der Waals surface area contributed by atoms with Crippen LogP contribution in [-0.2, 0) is 17.5 Å². The highest BCUT2D eigenvalue weighted by atomic mass is 19.4. The molecule has 0 saturated carbocycles. The number of rotatable bonds is 4. The van der Waals surface area contributed by atoms with Gasteiger partial charge >= 0.3 is 6.18 Å². The summed E-state index contributed by atoms with van der Waals surface area (Å²) in [5.41, 5.74) is 0.114. The average Bonchev–Trinajstić information content (AvgIpc) is 2.99. The number of nitrogens with one attached hydrogen (secondary N) is 1. The molecular weight excluding hydrogens is 347 g/mol. The first-order valence-corrected chi connectivity index (χ1v) is 8.03. The van der Waals surface area contributed by atoms with Crippen molar-refractivity contribution in [1.82, 2.24) is 9.88 Å². The zero-order valence-corrected chi connectivity index (χ0v) is 13.7. The Morgan fingerprint density at radius 3 is 2.73 bits per heavy atom. The summed E-state index contributed by atoms with van der Waals surface area (Å²) >= 11 is 0. The van der Waals surface area contributed by atoms with E-state index in [4.69, 9.17) is 0 Å². The Bertz CT molecular complexity index is 836. The van der Waals surface area contributed by atoms with E-state index in [2.05, 4.69) is 10.3 Å². The van der Waals surface area contributed by atoms with Crippen molar-refractivity contribution >= 4 is 17.5 Å². The van der Waals surface area contributed by atoms with Crippen LogP contribution in [0.5, 0.6) is 0 Å². The van der Waals surface area contributed by atoms with Gasteiger partial charge in [0.25, 0.3) is 5.91 Å². The Balaban J connectivity index is 1.72. The first-order valence-electron chi connectivity index (χ1n) is 8.03. The van der Waals surface area contributed by atoms with Crippen LogP contribution < -0.4 is 5.32 Å². The summed E-state index contributed by atoms with van der Waals surface area (Å²) in [6, 6.07) is 7.64. The van der Waals surface area contributed by atoms with Crippen LogP contribution in [0.3, 0.4) is 0 Å². The van der Waals surface area contributed by atoms with Crippen LogP contribution in [0, 0.1) is 0 Å². The van der Waals surface area contributed by atoms with Crippen molar-refractivity contribution in [2.45, 2.75) is 25.6 Å². The van der Waals surface area contributed by atoms with Crippen molar-refractivity contribution < 1.29 is 22.8 Å². The molecule has 1 aliphatic rings. The van der Waals surface area contributed by atoms with Crippen LogP contribution in [-0.4, -0.2) is 28.2 Å². The maximum absolute atomic E-state index is 12.7. The molecule has 0 unspecified atom stereocenters. The van der Waals surface area contributed by atoms with Gasteiger partial charge in [-0.1, -0.05) is 12.1 Å². The molecule has 2 aromatic rings. The maximum atomic E-state index is 12.7. The van der Waals surface area contributed by atoms with Crippen molar-refractivity contribution in [3.05, 3.63) is 59.4 Å². The number of hydrogen-bond acceptors (Lipinski definition) is 3. The molecule has 26 heavy (non-hydrogen) atoms. The molecule has 5 nitrogen and oxygen atoms in total. The topological polar surface area (TPSA) is 62.3 Å². The number of halogens is 3. The number of carbonyl (C=O) groups is 2. The number of likely N-dealkylation sites (tertiary alicyclic amines) is 1. The summed E-state index contributed by atoms with van der Waals surface area (Å²) in [6.45, 7) is 1.14. The predicted octanol–water partition coefficient (Wildman–Crippen LogP) is 3.48. The molecule has 0 aliphatic carbocycles. The number of pyridine rings is 1. The lowest BCUT2D eigenvalue weighted by Gasteiger charge is -2.16. The molecule has 1 N–H and O–H groups in total. The van der Waals surface area contributed by atoms with E-state index in [-0.39, 0.29) is 11.5 Å². The molecule has 1 fully saturated rings. The normalized spacial score (nSPS) is 14.6. The van der Waals surface area contributed by atoms with Crippen LogP contribution in [0.1, 0.15) is 34.3 Å². The minimum Gasteiger partial charge on any atom is -0.338 e. The standard InChI is InChI=1S/C18H16F3N3O2/c19-18(20,21)14-8-13(9-22-10-14)17(26)23-15-4-1-3-12(7-15)11-24-6-2-5-16(24)25/h1,3-4,7-10H,2,5-6,11H2,(H,23,26). The van der Waals surface area contributed by atoms with Gasteiger partial charge in [0.05, 0.1) is 11.1 Å². The summed E-state index contributed by atoms with van der Waals surface area (Å²) in [7, 11) is 0. The van der Waals surface area contributed by atoms with Crippen LogP contribution in [0.25, 0.3) is 0 Å². The van der Waals surface area contributed by atoms with E-state index in [1.165, 1.54) is 0 Å². The SMILES string of the molecule is O=C(Nc1cccc(CN2CCCC2=O)c1)c1cncc(C(F)(F)F)c1. The monoisotopic (exact) mass is 363 g/mol. The van der Waals surface area contributed by atoms with E-state index < -0.39 is 17.6 Å². The van der Waals surface area contributed by atoms with Gasteiger partial charge in [-0.2, -0.15) is 13.2 Å². The molecule has 8 heteroatoms. The molecule has 1 aromatic carbocycles. The summed E-state index contributed by atoms with van der Waals surface area (Å²) < 4.78 is 38.2. The lowest BCUT2D eigenvalue weighted by molar-refractivity contribution is -0.137. The van der Waals surface area contributed by atoms with E-state index in [1.54, 1.807) is 23.1 Å². The van der Waals surface area contributed by atoms with Gasteiger partial charge in [-0.25, -0.2) is 0 Å². The van der Waals surface area contributed by atoms with Gasteiger partial charge in [0.2, 0.25) is 5.91 Å². The number of aromatic nitrogens is 1. The molecule has 2 heterocycles. The zero-order valence-electron chi connectivity index (χ0n) is 13.7. The van der Waals surface area contributed by atoms with E-state index in [0.717, 1.165) is 24.2 Å². The van der Waals surface area contributed by atoms with Crippen LogP contribution >= 0.6 is 0 Å². The third-order valence-corrected chi connectivity index (χ3v) is 4.06. The van der Waals surface area contributed by atoms with Gasteiger partial charge in [-0.3, -0.25) is 14.6 Å². The van der Waals surface area contributed by atoms with Crippen LogP contribution in [0.15, 0.2) is 42.7 Å². The average molecular weight is 363 g/mol. The molecule has 0 atom stereocenters. The number of amides is 2. The van der Waals surface area contributed by atoms with E-state index >= 15 is 0 Å². The maximum Gasteiger partial charge on any atom is 0.417 e. The lowest BCUT2D eigenvalue weighted by Crippen LogP contribution is -2.23. The molecule has 3 rings (SSSR count). The van der Waals surface area contributed by atoms with Crippen molar-refractivity contribution in [3.8, 4) is 0 Å². The van der Waals surface area contributed by atoms with E-state index in [0.29, 0.717) is 31.4 Å². The smallest absolute Gasteiger partial charge is 0.338 e. The Labute approximate surface area is 147 Å². The lowest BCUT2D eigenvalue weighted by atomic mass is 10.1. The second kappa shape index (κ2) is 7.15. The third-order valence-electron chi connectivity index (χ3n) is 4.06. The van der Waals surface area contributed by atoms with Crippen LogP contribution in [0.4, 0.5) is 18.9 Å². The van der Waals surface area contributed by atoms with Gasteiger partial charge in [0, 0.05) is 37.6 Å². The predicted molar refractivity (Wildman–Crippen MR) is 88.3 cm³/mol. The van der Waals surface area contributed by atoms with Crippen molar-refractivity contribution in [1.29, 1.82) is 0 Å². The van der Waals surface area contributed by atoms with E-state index in [9.17, 15) is 22.8 Å². The number of benzene rings is 1. The fourth-order valence-corrected chi connectivity index (χ4v) is 2.76. The second-order valence-electron chi connectivity index (χ2n) is 6.03. The number of hydrogen-bond donors (Lipinski definition) is 1. The summed E-state index contributed by atoms with van der Waals surface area (Å²) in [4.78, 5) is 29.1. The molecule has 1 aliphatic heterocycles. The molecule has 0 radical (unpaired) electrons. The first-order chi connectivity index (χ1) is 12.3. The van der Waals surface area contributed by atoms with Gasteiger partial charge in [0.1, 0.15) is 0 Å². The summed E-state index contributed by atoms with van der Waals surface area (Å²) in [6.07, 6.45) is -1.44. The quantitative estimate of drug-likeness (QED) is 0.905. The highest BCUT2D eigenvalue weighted by molar-refractivity contribution is 6.04. The van der Waals surface area contributed by atoms with Crippen molar-refractivity contribution in [2.75, 3.05) is 11.9 Å².